The molecular formula is C13H9ClN2. The van der Waals surface area contributed by atoms with Gasteiger partial charge in [0.15, 0.2) is 0 Å². The highest BCUT2D eigenvalue weighted by Gasteiger charge is 2.06. The van der Waals surface area contributed by atoms with Crippen molar-refractivity contribution in [1.29, 1.82) is 5.26 Å². The van der Waals surface area contributed by atoms with E-state index in [2.05, 4.69) is 11.1 Å². The molecule has 2 aromatic rings. The van der Waals surface area contributed by atoms with Crippen molar-refractivity contribution >= 4 is 11.6 Å². The maximum Gasteiger partial charge on any atom is 0.129 e. The van der Waals surface area contributed by atoms with Crippen LogP contribution in [-0.4, -0.2) is 4.98 Å². The van der Waals surface area contributed by atoms with Crippen molar-refractivity contribution in [2.24, 2.45) is 0 Å². The first kappa shape index (κ1) is 10.7. The van der Waals surface area contributed by atoms with Gasteiger partial charge in [-0.1, -0.05) is 48.0 Å². The molecule has 0 atom stereocenters. The number of hydrogen-bond donors (Lipinski definition) is 0. The molecule has 0 unspecified atom stereocenters. The fraction of sp³-hybridized carbons (Fsp3) is 0.0769. The van der Waals surface area contributed by atoms with Gasteiger partial charge in [-0.3, -0.25) is 0 Å². The summed E-state index contributed by atoms with van der Waals surface area (Å²) in [6, 6.07) is 15.4. The minimum atomic E-state index is 0.342. The molecule has 0 radical (unpaired) electrons. The molecule has 1 aromatic heterocycles. The quantitative estimate of drug-likeness (QED) is 0.738. The van der Waals surface area contributed by atoms with E-state index in [1.807, 2.05) is 36.4 Å². The van der Waals surface area contributed by atoms with Crippen molar-refractivity contribution in [2.45, 2.75) is 6.42 Å². The van der Waals surface area contributed by atoms with E-state index in [1.165, 1.54) is 0 Å². The molecule has 0 fully saturated rings. The van der Waals surface area contributed by atoms with Crippen molar-refractivity contribution in [2.75, 3.05) is 0 Å². The van der Waals surface area contributed by atoms with E-state index in [0.29, 0.717) is 11.6 Å². The van der Waals surface area contributed by atoms with Gasteiger partial charge in [0.1, 0.15) is 5.15 Å². The first-order valence-electron chi connectivity index (χ1n) is 4.89. The number of halogens is 1. The fourth-order valence-electron chi connectivity index (χ4n) is 1.54. The van der Waals surface area contributed by atoms with Crippen molar-refractivity contribution in [3.8, 4) is 17.3 Å². The number of rotatable bonds is 2. The maximum absolute atomic E-state index is 8.75. The molecule has 0 spiro atoms. The average Bonchev–Trinajstić information content (AvgIpc) is 2.33. The molecule has 0 aliphatic heterocycles. The van der Waals surface area contributed by atoms with Crippen LogP contribution < -0.4 is 0 Å². The number of pyridine rings is 1. The standard InChI is InChI=1S/C13H9ClN2/c14-12-7-6-11(8-9-15)13(16-12)10-4-2-1-3-5-10/h1-7H,8H2. The van der Waals surface area contributed by atoms with Gasteiger partial charge in [0, 0.05) is 5.56 Å². The molecule has 2 rings (SSSR count). The third-order valence-electron chi connectivity index (χ3n) is 2.26. The molecule has 3 heteroatoms. The number of nitriles is 1. The fourth-order valence-corrected chi connectivity index (χ4v) is 1.69. The Balaban J connectivity index is 2.55. The van der Waals surface area contributed by atoms with Crippen LogP contribution in [0, 0.1) is 11.3 Å². The first-order chi connectivity index (χ1) is 7.81. The average molecular weight is 229 g/mol. The molecule has 0 N–H and O–H groups in total. The summed E-state index contributed by atoms with van der Waals surface area (Å²) in [5, 5.41) is 9.19. The Morgan fingerprint density at radius 1 is 1.12 bits per heavy atom. The second kappa shape index (κ2) is 4.78. The normalized spacial score (nSPS) is 9.75. The summed E-state index contributed by atoms with van der Waals surface area (Å²) in [6.45, 7) is 0. The molecular weight excluding hydrogens is 220 g/mol. The molecule has 1 heterocycles. The van der Waals surface area contributed by atoms with Crippen LogP contribution in [0.2, 0.25) is 5.15 Å². The Hall–Kier alpha value is -1.85. The van der Waals surface area contributed by atoms with Gasteiger partial charge in [0.05, 0.1) is 18.2 Å². The molecule has 1 aromatic carbocycles. The van der Waals surface area contributed by atoms with Crippen molar-refractivity contribution < 1.29 is 0 Å². The Labute approximate surface area is 99.1 Å². The Bertz CT molecular complexity index is 529. The van der Waals surface area contributed by atoms with E-state index < -0.39 is 0 Å². The smallest absolute Gasteiger partial charge is 0.129 e. The second-order valence-corrected chi connectivity index (χ2v) is 3.73. The van der Waals surface area contributed by atoms with Crippen molar-refractivity contribution in [3.63, 3.8) is 0 Å². The topological polar surface area (TPSA) is 36.7 Å². The Morgan fingerprint density at radius 2 is 1.88 bits per heavy atom. The van der Waals surface area contributed by atoms with Gasteiger partial charge in [0.2, 0.25) is 0 Å². The van der Waals surface area contributed by atoms with E-state index in [0.717, 1.165) is 16.8 Å². The Kier molecular flexibility index (Phi) is 3.19. The third-order valence-corrected chi connectivity index (χ3v) is 2.47. The lowest BCUT2D eigenvalue weighted by Crippen LogP contribution is -1.92. The SMILES string of the molecule is N#CCc1ccc(Cl)nc1-c1ccccc1. The van der Waals surface area contributed by atoms with Crippen LogP contribution in [-0.2, 0) is 6.42 Å². The lowest BCUT2D eigenvalue weighted by molar-refractivity contribution is 1.20. The van der Waals surface area contributed by atoms with E-state index in [4.69, 9.17) is 16.9 Å². The number of nitrogens with zero attached hydrogens (tertiary/aromatic N) is 2. The monoisotopic (exact) mass is 228 g/mol. The van der Waals surface area contributed by atoms with E-state index in [-0.39, 0.29) is 0 Å². The zero-order valence-electron chi connectivity index (χ0n) is 8.52. The molecule has 0 aliphatic rings. The molecule has 0 amide bonds. The zero-order chi connectivity index (χ0) is 11.4. The van der Waals surface area contributed by atoms with E-state index >= 15 is 0 Å². The van der Waals surface area contributed by atoms with Gasteiger partial charge in [-0.25, -0.2) is 4.98 Å². The largest absolute Gasteiger partial charge is 0.236 e. The summed E-state index contributed by atoms with van der Waals surface area (Å²) in [5.41, 5.74) is 2.67. The lowest BCUT2D eigenvalue weighted by Gasteiger charge is -2.06. The molecule has 0 aliphatic carbocycles. The summed E-state index contributed by atoms with van der Waals surface area (Å²) >= 11 is 5.87. The van der Waals surface area contributed by atoms with Gasteiger partial charge in [0.25, 0.3) is 0 Å². The first-order valence-corrected chi connectivity index (χ1v) is 5.27. The molecule has 78 valence electrons. The molecule has 16 heavy (non-hydrogen) atoms. The van der Waals surface area contributed by atoms with Crippen LogP contribution in [0.3, 0.4) is 0 Å². The van der Waals surface area contributed by atoms with Gasteiger partial charge in [-0.15, -0.1) is 0 Å². The summed E-state index contributed by atoms with van der Waals surface area (Å²) in [7, 11) is 0. The van der Waals surface area contributed by atoms with E-state index in [9.17, 15) is 0 Å². The van der Waals surface area contributed by atoms with Crippen molar-refractivity contribution in [3.05, 3.63) is 53.2 Å². The van der Waals surface area contributed by atoms with Crippen LogP contribution in [0.25, 0.3) is 11.3 Å². The van der Waals surface area contributed by atoms with E-state index in [1.54, 1.807) is 6.07 Å². The minimum absolute atomic E-state index is 0.342. The summed E-state index contributed by atoms with van der Waals surface area (Å²) in [5.74, 6) is 0. The van der Waals surface area contributed by atoms with Crippen molar-refractivity contribution in [1.82, 2.24) is 4.98 Å². The highest BCUT2D eigenvalue weighted by molar-refractivity contribution is 6.29. The minimum Gasteiger partial charge on any atom is -0.236 e. The molecule has 2 nitrogen and oxygen atoms in total. The second-order valence-electron chi connectivity index (χ2n) is 3.34. The summed E-state index contributed by atoms with van der Waals surface area (Å²) < 4.78 is 0. The molecule has 0 saturated heterocycles. The third kappa shape index (κ3) is 2.21. The zero-order valence-corrected chi connectivity index (χ0v) is 9.28. The number of aromatic nitrogens is 1. The number of hydrogen-bond acceptors (Lipinski definition) is 2. The van der Waals surface area contributed by atoms with Crippen LogP contribution in [0.1, 0.15) is 5.56 Å². The van der Waals surface area contributed by atoms with Gasteiger partial charge in [-0.05, 0) is 11.6 Å². The molecule has 0 saturated carbocycles. The van der Waals surface area contributed by atoms with Crippen LogP contribution in [0.5, 0.6) is 0 Å². The summed E-state index contributed by atoms with van der Waals surface area (Å²) in [6.07, 6.45) is 0.342. The lowest BCUT2D eigenvalue weighted by atomic mass is 10.0. The predicted molar refractivity (Wildman–Crippen MR) is 64.0 cm³/mol. The number of benzene rings is 1. The van der Waals surface area contributed by atoms with Crippen LogP contribution >= 0.6 is 11.6 Å². The van der Waals surface area contributed by atoms with Crippen LogP contribution in [0.4, 0.5) is 0 Å². The highest BCUT2D eigenvalue weighted by Crippen LogP contribution is 2.23. The van der Waals surface area contributed by atoms with Gasteiger partial charge in [-0.2, -0.15) is 5.26 Å². The highest BCUT2D eigenvalue weighted by atomic mass is 35.5. The molecule has 0 bridgehead atoms. The van der Waals surface area contributed by atoms with Crippen LogP contribution in [0.15, 0.2) is 42.5 Å². The van der Waals surface area contributed by atoms with Gasteiger partial charge < -0.3 is 0 Å². The predicted octanol–water partition coefficient (Wildman–Crippen LogP) is 3.47. The summed E-state index contributed by atoms with van der Waals surface area (Å²) in [4.78, 5) is 4.28. The Morgan fingerprint density at radius 3 is 2.56 bits per heavy atom. The van der Waals surface area contributed by atoms with Gasteiger partial charge >= 0.3 is 0 Å². The maximum atomic E-state index is 8.75.